The number of nitriles is 1. The summed E-state index contributed by atoms with van der Waals surface area (Å²) < 4.78 is 0. The average Bonchev–Trinajstić information content (AvgIpc) is 2.91. The number of rotatable bonds is 14. The van der Waals surface area contributed by atoms with Gasteiger partial charge < -0.3 is 25.7 Å². The first-order valence-electron chi connectivity index (χ1n) is 13.4. The molecule has 2 aromatic rings. The number of carbonyl (C=O) groups excluding carboxylic acids is 3. The predicted molar refractivity (Wildman–Crippen MR) is 149 cm³/mol. The van der Waals surface area contributed by atoms with E-state index in [0.717, 1.165) is 24.0 Å². The van der Waals surface area contributed by atoms with Crippen molar-refractivity contribution in [3.63, 3.8) is 0 Å². The monoisotopic (exact) mass is 536 g/mol. The van der Waals surface area contributed by atoms with Crippen LogP contribution in [-0.2, 0) is 11.2 Å². The number of aliphatic hydroxyl groups is 2. The lowest BCUT2D eigenvalue weighted by Crippen LogP contribution is -2.56. The van der Waals surface area contributed by atoms with Gasteiger partial charge in [-0.2, -0.15) is 5.26 Å². The Kier molecular flexibility index (Phi) is 12.6. The molecule has 2 rings (SSSR count). The molecule has 2 aromatic carbocycles. The molecule has 0 saturated heterocycles. The Hall–Kier alpha value is -3.74. The second kappa shape index (κ2) is 15.6. The van der Waals surface area contributed by atoms with Crippen LogP contribution in [0.1, 0.15) is 71.9 Å². The van der Waals surface area contributed by atoms with E-state index in [4.69, 9.17) is 5.26 Å². The Morgan fingerprint density at radius 3 is 2.08 bits per heavy atom. The highest BCUT2D eigenvalue weighted by molar-refractivity contribution is 6.00. The molecule has 9 nitrogen and oxygen atoms in total. The summed E-state index contributed by atoms with van der Waals surface area (Å²) in [7, 11) is 0. The highest BCUT2D eigenvalue weighted by Crippen LogP contribution is 2.17. The van der Waals surface area contributed by atoms with Gasteiger partial charge in [0.05, 0.1) is 24.6 Å². The zero-order valence-corrected chi connectivity index (χ0v) is 23.2. The van der Waals surface area contributed by atoms with Crippen LogP contribution < -0.4 is 10.6 Å². The van der Waals surface area contributed by atoms with Gasteiger partial charge in [0.1, 0.15) is 12.2 Å². The minimum atomic E-state index is -1.52. The SMILES string of the molecule is CCCN(CCC)C(=O)c1cc(C)cc(C(=O)N[C@@H](Cc2ccccc2)[C@@H](O)[C@H](O)[C@@H](CC#N)NC(C)=O)c1. The van der Waals surface area contributed by atoms with E-state index < -0.39 is 36.1 Å². The molecule has 0 saturated carbocycles. The fourth-order valence-corrected chi connectivity index (χ4v) is 4.54. The van der Waals surface area contributed by atoms with Crippen molar-refractivity contribution in [3.05, 3.63) is 70.8 Å². The number of nitrogens with one attached hydrogen (secondary N) is 2. The largest absolute Gasteiger partial charge is 0.388 e. The Balaban J connectivity index is 2.37. The van der Waals surface area contributed by atoms with Gasteiger partial charge in [0.2, 0.25) is 5.91 Å². The van der Waals surface area contributed by atoms with Gasteiger partial charge in [-0.25, -0.2) is 0 Å². The molecule has 9 heteroatoms. The minimum absolute atomic E-state index is 0.151. The molecule has 3 amide bonds. The van der Waals surface area contributed by atoms with E-state index in [9.17, 15) is 24.6 Å². The van der Waals surface area contributed by atoms with Crippen LogP contribution in [0.5, 0.6) is 0 Å². The Morgan fingerprint density at radius 1 is 0.923 bits per heavy atom. The highest BCUT2D eigenvalue weighted by Gasteiger charge is 2.34. The molecule has 0 radical (unpaired) electrons. The number of aliphatic hydroxyl groups excluding tert-OH is 2. The predicted octanol–water partition coefficient (Wildman–Crippen LogP) is 2.74. The smallest absolute Gasteiger partial charge is 0.253 e. The van der Waals surface area contributed by atoms with E-state index in [0.29, 0.717) is 18.7 Å². The zero-order valence-electron chi connectivity index (χ0n) is 23.2. The van der Waals surface area contributed by atoms with Crippen molar-refractivity contribution in [1.82, 2.24) is 15.5 Å². The normalized spacial score (nSPS) is 13.9. The van der Waals surface area contributed by atoms with E-state index >= 15 is 0 Å². The summed E-state index contributed by atoms with van der Waals surface area (Å²) in [5, 5.41) is 36.5. The minimum Gasteiger partial charge on any atom is -0.388 e. The number of carbonyl (C=O) groups is 3. The van der Waals surface area contributed by atoms with Crippen LogP contribution in [0.15, 0.2) is 48.5 Å². The Bertz CT molecular complexity index is 1140. The number of amides is 3. The first kappa shape index (κ1) is 31.5. The van der Waals surface area contributed by atoms with Crippen molar-refractivity contribution in [2.45, 2.75) is 77.7 Å². The van der Waals surface area contributed by atoms with Crippen LogP contribution in [0.4, 0.5) is 0 Å². The van der Waals surface area contributed by atoms with Crippen LogP contribution in [0.3, 0.4) is 0 Å². The summed E-state index contributed by atoms with van der Waals surface area (Å²) in [5.74, 6) is -1.13. The van der Waals surface area contributed by atoms with Gasteiger partial charge in [0, 0.05) is 31.1 Å². The van der Waals surface area contributed by atoms with E-state index in [2.05, 4.69) is 10.6 Å². The molecule has 0 aliphatic carbocycles. The number of nitrogens with zero attached hydrogens (tertiary/aromatic N) is 2. The zero-order chi connectivity index (χ0) is 28.9. The fraction of sp³-hybridized carbons (Fsp3) is 0.467. The van der Waals surface area contributed by atoms with E-state index in [-0.39, 0.29) is 24.3 Å². The second-order valence-electron chi connectivity index (χ2n) is 9.80. The van der Waals surface area contributed by atoms with Gasteiger partial charge in [0.25, 0.3) is 11.8 Å². The van der Waals surface area contributed by atoms with Gasteiger partial charge >= 0.3 is 0 Å². The first-order valence-corrected chi connectivity index (χ1v) is 13.4. The number of hydrogen-bond acceptors (Lipinski definition) is 6. The molecule has 0 spiro atoms. The lowest BCUT2D eigenvalue weighted by atomic mass is 9.92. The molecule has 0 heterocycles. The van der Waals surface area contributed by atoms with Crippen molar-refractivity contribution >= 4 is 17.7 Å². The molecule has 4 atom stereocenters. The van der Waals surface area contributed by atoms with Crippen LogP contribution in [-0.4, -0.2) is 70.2 Å². The first-order chi connectivity index (χ1) is 18.6. The molecule has 0 aromatic heterocycles. The third kappa shape index (κ3) is 9.50. The number of hydrogen-bond donors (Lipinski definition) is 4. The Morgan fingerprint density at radius 2 is 1.51 bits per heavy atom. The number of benzene rings is 2. The van der Waals surface area contributed by atoms with Crippen LogP contribution in [0, 0.1) is 18.3 Å². The van der Waals surface area contributed by atoms with E-state index in [1.165, 1.54) is 6.92 Å². The maximum Gasteiger partial charge on any atom is 0.253 e. The van der Waals surface area contributed by atoms with E-state index in [1.54, 1.807) is 30.0 Å². The van der Waals surface area contributed by atoms with Gasteiger partial charge in [-0.05, 0) is 55.5 Å². The summed E-state index contributed by atoms with van der Waals surface area (Å²) >= 11 is 0. The van der Waals surface area contributed by atoms with Gasteiger partial charge in [0.15, 0.2) is 0 Å². The maximum atomic E-state index is 13.4. The molecule has 39 heavy (non-hydrogen) atoms. The van der Waals surface area contributed by atoms with Crippen molar-refractivity contribution < 1.29 is 24.6 Å². The van der Waals surface area contributed by atoms with Gasteiger partial charge in [-0.1, -0.05) is 44.2 Å². The van der Waals surface area contributed by atoms with Crippen molar-refractivity contribution in [1.29, 1.82) is 5.26 Å². The summed E-state index contributed by atoms with van der Waals surface area (Å²) in [5.41, 5.74) is 2.20. The van der Waals surface area contributed by atoms with Gasteiger partial charge in [-0.3, -0.25) is 14.4 Å². The van der Waals surface area contributed by atoms with Crippen LogP contribution in [0.2, 0.25) is 0 Å². The quantitative estimate of drug-likeness (QED) is 0.292. The average molecular weight is 537 g/mol. The summed E-state index contributed by atoms with van der Waals surface area (Å²) in [4.78, 5) is 40.0. The summed E-state index contributed by atoms with van der Waals surface area (Å²) in [6, 6.07) is 14.0. The third-order valence-corrected chi connectivity index (χ3v) is 6.35. The molecular weight excluding hydrogens is 496 g/mol. The van der Waals surface area contributed by atoms with Crippen molar-refractivity contribution in [2.24, 2.45) is 0 Å². The van der Waals surface area contributed by atoms with Crippen molar-refractivity contribution in [3.8, 4) is 6.07 Å². The topological polar surface area (TPSA) is 143 Å². The molecular formula is C30H40N4O5. The molecule has 0 bridgehead atoms. The summed E-state index contributed by atoms with van der Waals surface area (Å²) in [6.45, 7) is 8.30. The molecule has 0 aliphatic heterocycles. The van der Waals surface area contributed by atoms with Gasteiger partial charge in [-0.15, -0.1) is 0 Å². The highest BCUT2D eigenvalue weighted by atomic mass is 16.3. The summed E-state index contributed by atoms with van der Waals surface area (Å²) in [6.07, 6.45) is -1.43. The molecule has 0 aliphatic rings. The standard InChI is InChI=1S/C30H40N4O5/c1-5-14-34(15-6-2)30(39)24-17-20(3)16-23(19-24)29(38)33-26(18-22-10-8-7-9-11-22)28(37)27(36)25(12-13-31)32-21(4)35/h7-11,16-17,19,25-28,36-37H,5-6,12,14-15,18H2,1-4H3,(H,32,35)(H,33,38)/t25-,26+,27-,28-/m1/s1. The maximum absolute atomic E-state index is 13.4. The van der Waals surface area contributed by atoms with Crippen LogP contribution >= 0.6 is 0 Å². The molecule has 0 fully saturated rings. The van der Waals surface area contributed by atoms with Crippen LogP contribution in [0.25, 0.3) is 0 Å². The van der Waals surface area contributed by atoms with Crippen molar-refractivity contribution in [2.75, 3.05) is 13.1 Å². The lowest BCUT2D eigenvalue weighted by Gasteiger charge is -2.32. The van der Waals surface area contributed by atoms with E-state index in [1.807, 2.05) is 50.2 Å². The molecule has 4 N–H and O–H groups in total. The lowest BCUT2D eigenvalue weighted by molar-refractivity contribution is -0.121. The second-order valence-corrected chi connectivity index (χ2v) is 9.80. The fourth-order valence-electron chi connectivity index (χ4n) is 4.54. The number of aryl methyl sites for hydroxylation is 1. The Labute approximate surface area is 230 Å². The molecule has 210 valence electrons. The molecule has 0 unspecified atom stereocenters. The third-order valence-electron chi connectivity index (χ3n) is 6.35.